The second-order valence-corrected chi connectivity index (χ2v) is 7.62. The van der Waals surface area contributed by atoms with Gasteiger partial charge in [0.1, 0.15) is 0 Å². The van der Waals surface area contributed by atoms with Gasteiger partial charge in [-0.3, -0.25) is 4.79 Å². The third-order valence-corrected chi connectivity index (χ3v) is 6.12. The molecule has 1 aromatic rings. The van der Waals surface area contributed by atoms with Crippen LogP contribution in [0.1, 0.15) is 42.1 Å². The van der Waals surface area contributed by atoms with Gasteiger partial charge in [0.2, 0.25) is 5.91 Å². The lowest BCUT2D eigenvalue weighted by Crippen LogP contribution is -2.38. The lowest BCUT2D eigenvalue weighted by molar-refractivity contribution is -0.135. The van der Waals surface area contributed by atoms with Crippen LogP contribution in [0.2, 0.25) is 0 Å². The molecule has 0 aromatic heterocycles. The van der Waals surface area contributed by atoms with E-state index in [1.165, 1.54) is 11.1 Å². The Morgan fingerprint density at radius 3 is 2.82 bits per heavy atom. The van der Waals surface area contributed by atoms with E-state index in [1.54, 1.807) is 0 Å². The molecular formula is C19H25NOS. The molecule has 1 fully saturated rings. The Balaban J connectivity index is 1.63. The molecule has 1 amide bonds. The predicted octanol–water partition coefficient (Wildman–Crippen LogP) is 4.36. The van der Waals surface area contributed by atoms with Crippen molar-refractivity contribution in [1.82, 2.24) is 4.90 Å². The quantitative estimate of drug-likeness (QED) is 0.756. The van der Waals surface area contributed by atoms with Gasteiger partial charge < -0.3 is 4.90 Å². The largest absolute Gasteiger partial charge is 0.342 e. The minimum Gasteiger partial charge on any atom is -0.342 e. The molecule has 2 nitrogen and oxygen atoms in total. The van der Waals surface area contributed by atoms with Crippen LogP contribution in [0.3, 0.4) is 0 Å². The summed E-state index contributed by atoms with van der Waals surface area (Å²) in [6.07, 6.45) is 8.48. The van der Waals surface area contributed by atoms with Gasteiger partial charge in [-0.15, -0.1) is 0 Å². The van der Waals surface area contributed by atoms with Crippen molar-refractivity contribution in [3.05, 3.63) is 47.5 Å². The summed E-state index contributed by atoms with van der Waals surface area (Å²) in [4.78, 5) is 14.8. The van der Waals surface area contributed by atoms with Gasteiger partial charge >= 0.3 is 0 Å². The summed E-state index contributed by atoms with van der Waals surface area (Å²) in [5.74, 6) is 1.66. The van der Waals surface area contributed by atoms with Crippen LogP contribution in [0.4, 0.5) is 0 Å². The van der Waals surface area contributed by atoms with Crippen molar-refractivity contribution in [2.75, 3.05) is 18.8 Å². The van der Waals surface area contributed by atoms with E-state index in [4.69, 9.17) is 0 Å². The van der Waals surface area contributed by atoms with Crippen LogP contribution in [0.15, 0.2) is 36.4 Å². The Hall–Kier alpha value is -1.22. The van der Waals surface area contributed by atoms with Crippen molar-refractivity contribution in [3.8, 4) is 0 Å². The van der Waals surface area contributed by atoms with Crippen molar-refractivity contribution in [2.45, 2.75) is 37.9 Å². The van der Waals surface area contributed by atoms with Crippen LogP contribution in [0.5, 0.6) is 0 Å². The van der Waals surface area contributed by atoms with E-state index < -0.39 is 0 Å². The third kappa shape index (κ3) is 3.57. The number of benzene rings is 1. The predicted molar refractivity (Wildman–Crippen MR) is 94.1 cm³/mol. The molecule has 3 rings (SSSR count). The summed E-state index contributed by atoms with van der Waals surface area (Å²) in [5.41, 5.74) is 2.82. The van der Waals surface area contributed by atoms with E-state index in [0.29, 0.717) is 11.2 Å². The molecular weight excluding hydrogens is 290 g/mol. The first kappa shape index (κ1) is 15.7. The Bertz CT molecular complexity index is 554. The lowest BCUT2D eigenvalue weighted by atomic mass is 9.93. The molecule has 22 heavy (non-hydrogen) atoms. The van der Waals surface area contributed by atoms with Crippen LogP contribution in [0, 0.1) is 12.8 Å². The number of allylic oxidation sites excluding steroid dienone is 2. The highest BCUT2D eigenvalue weighted by Gasteiger charge is 2.27. The topological polar surface area (TPSA) is 20.3 Å². The fraction of sp³-hybridized carbons (Fsp3) is 0.526. The summed E-state index contributed by atoms with van der Waals surface area (Å²) in [6, 6.07) is 8.67. The Kier molecular flexibility index (Phi) is 5.24. The van der Waals surface area contributed by atoms with Gasteiger partial charge in [-0.25, -0.2) is 0 Å². The zero-order valence-corrected chi connectivity index (χ0v) is 14.1. The maximum absolute atomic E-state index is 12.7. The molecule has 2 aliphatic rings. The Labute approximate surface area is 138 Å². The highest BCUT2D eigenvalue weighted by molar-refractivity contribution is 7.99. The number of carbonyl (C=O) groups excluding carboxylic acids is 1. The van der Waals surface area contributed by atoms with Crippen LogP contribution >= 0.6 is 11.8 Å². The minimum absolute atomic E-state index is 0.227. The zero-order valence-electron chi connectivity index (χ0n) is 13.3. The van der Waals surface area contributed by atoms with Gasteiger partial charge in [0.25, 0.3) is 0 Å². The first-order valence-corrected chi connectivity index (χ1v) is 9.41. The lowest BCUT2D eigenvalue weighted by Gasteiger charge is -2.26. The number of carbonyl (C=O) groups is 1. The van der Waals surface area contributed by atoms with Crippen LogP contribution in [0.25, 0.3) is 0 Å². The van der Waals surface area contributed by atoms with Crippen LogP contribution < -0.4 is 0 Å². The maximum Gasteiger partial charge on any atom is 0.226 e. The molecule has 2 unspecified atom stereocenters. The molecule has 3 heteroatoms. The van der Waals surface area contributed by atoms with Gasteiger partial charge in [-0.05, 0) is 43.7 Å². The summed E-state index contributed by atoms with van der Waals surface area (Å²) >= 11 is 2.01. The normalized spacial score (nSPS) is 25.8. The molecule has 0 radical (unpaired) electrons. The zero-order chi connectivity index (χ0) is 15.4. The number of hydrogen-bond donors (Lipinski definition) is 0. The summed E-state index contributed by atoms with van der Waals surface area (Å²) in [7, 11) is 0. The van der Waals surface area contributed by atoms with Crippen molar-refractivity contribution < 1.29 is 4.79 Å². The van der Waals surface area contributed by atoms with Gasteiger partial charge in [0.05, 0.1) is 0 Å². The van der Waals surface area contributed by atoms with Gasteiger partial charge in [0.15, 0.2) is 0 Å². The molecule has 0 spiro atoms. The third-order valence-electron chi connectivity index (χ3n) is 4.81. The van der Waals surface area contributed by atoms with Crippen molar-refractivity contribution in [2.24, 2.45) is 5.92 Å². The second-order valence-electron chi connectivity index (χ2n) is 6.31. The van der Waals surface area contributed by atoms with E-state index in [-0.39, 0.29) is 5.92 Å². The average molecular weight is 315 g/mol. The van der Waals surface area contributed by atoms with Crippen molar-refractivity contribution >= 4 is 17.7 Å². The summed E-state index contributed by atoms with van der Waals surface area (Å²) in [6.45, 7) is 4.01. The average Bonchev–Trinajstić information content (AvgIpc) is 2.81. The molecule has 2 atom stereocenters. The molecule has 0 saturated carbocycles. The monoisotopic (exact) mass is 315 g/mol. The van der Waals surface area contributed by atoms with E-state index in [2.05, 4.69) is 48.2 Å². The SMILES string of the molecule is Cc1ccccc1C1CCN(C(=O)C2CC=CCC2)CCS1. The first-order chi connectivity index (χ1) is 10.8. The maximum atomic E-state index is 12.7. The highest BCUT2D eigenvalue weighted by atomic mass is 32.2. The first-order valence-electron chi connectivity index (χ1n) is 8.36. The Morgan fingerprint density at radius 2 is 2.05 bits per heavy atom. The highest BCUT2D eigenvalue weighted by Crippen LogP contribution is 2.36. The minimum atomic E-state index is 0.227. The fourth-order valence-electron chi connectivity index (χ4n) is 3.46. The van der Waals surface area contributed by atoms with Gasteiger partial charge in [0, 0.05) is 30.0 Å². The fourth-order valence-corrected chi connectivity index (χ4v) is 4.79. The van der Waals surface area contributed by atoms with Crippen LogP contribution in [-0.4, -0.2) is 29.6 Å². The second kappa shape index (κ2) is 7.36. The molecule has 1 aromatic carbocycles. The number of amides is 1. The number of aryl methyl sites for hydroxylation is 1. The van der Waals surface area contributed by atoms with E-state index in [0.717, 1.165) is 44.5 Å². The van der Waals surface area contributed by atoms with Gasteiger partial charge in [-0.1, -0.05) is 36.4 Å². The van der Waals surface area contributed by atoms with Crippen LogP contribution in [-0.2, 0) is 4.79 Å². The summed E-state index contributed by atoms with van der Waals surface area (Å²) in [5, 5.41) is 0.533. The molecule has 1 aliphatic carbocycles. The van der Waals surface area contributed by atoms with Crippen molar-refractivity contribution in [3.63, 3.8) is 0 Å². The molecule has 1 aliphatic heterocycles. The Morgan fingerprint density at radius 1 is 1.18 bits per heavy atom. The standard InChI is InChI=1S/C19H25NOS/c1-15-7-5-6-10-17(15)18-11-12-20(13-14-22-18)19(21)16-8-3-2-4-9-16/h2-3,5-7,10,16,18H,4,8-9,11-14H2,1H3. The number of hydrogen-bond acceptors (Lipinski definition) is 2. The van der Waals surface area contributed by atoms with E-state index >= 15 is 0 Å². The molecule has 1 heterocycles. The molecule has 118 valence electrons. The number of rotatable bonds is 2. The molecule has 0 bridgehead atoms. The number of nitrogens with zero attached hydrogens (tertiary/aromatic N) is 1. The number of thioether (sulfide) groups is 1. The molecule has 1 saturated heterocycles. The van der Waals surface area contributed by atoms with E-state index in [9.17, 15) is 4.79 Å². The van der Waals surface area contributed by atoms with Gasteiger partial charge in [-0.2, -0.15) is 11.8 Å². The summed E-state index contributed by atoms with van der Waals surface area (Å²) < 4.78 is 0. The smallest absolute Gasteiger partial charge is 0.226 e. The molecule has 0 N–H and O–H groups in total. The van der Waals surface area contributed by atoms with Crippen molar-refractivity contribution in [1.29, 1.82) is 0 Å². The van der Waals surface area contributed by atoms with E-state index in [1.807, 2.05) is 11.8 Å².